The number of imidazole rings is 1. The lowest BCUT2D eigenvalue weighted by Gasteiger charge is -2.11. The Kier molecular flexibility index (Phi) is 5.79. The Hall–Kier alpha value is -0.480. The van der Waals surface area contributed by atoms with Gasteiger partial charge in [0.1, 0.15) is 0 Å². The van der Waals surface area contributed by atoms with Gasteiger partial charge in [-0.15, -0.1) is 0 Å². The van der Waals surface area contributed by atoms with Crippen LogP contribution in [-0.2, 0) is 7.05 Å². The summed E-state index contributed by atoms with van der Waals surface area (Å²) in [5.41, 5.74) is 0. The maximum Gasteiger partial charge on any atom is 0.167 e. The topological polar surface area (TPSA) is 29.9 Å². The standard InChI is InChI=1S/C11H21N3S/c1-4-5-10(2)12-7-9-15-11-13-6-8-14(11)3/h6,8,10,12H,4-5,7,9H2,1-3H3. The summed E-state index contributed by atoms with van der Waals surface area (Å²) in [6.45, 7) is 5.52. The molecule has 4 heteroatoms. The number of aromatic nitrogens is 2. The number of nitrogens with one attached hydrogen (secondary N) is 1. The highest BCUT2D eigenvalue weighted by molar-refractivity contribution is 7.99. The second kappa shape index (κ2) is 6.90. The Labute approximate surface area is 96.7 Å². The summed E-state index contributed by atoms with van der Waals surface area (Å²) in [6, 6.07) is 0.636. The second-order valence-electron chi connectivity index (χ2n) is 3.81. The van der Waals surface area contributed by atoms with Crippen molar-refractivity contribution in [2.75, 3.05) is 12.3 Å². The minimum Gasteiger partial charge on any atom is -0.329 e. The van der Waals surface area contributed by atoms with E-state index >= 15 is 0 Å². The van der Waals surface area contributed by atoms with Crippen LogP contribution in [0, 0.1) is 0 Å². The van der Waals surface area contributed by atoms with Gasteiger partial charge in [-0.1, -0.05) is 25.1 Å². The highest BCUT2D eigenvalue weighted by atomic mass is 32.2. The number of rotatable bonds is 7. The molecule has 1 atom stereocenters. The number of hydrogen-bond donors (Lipinski definition) is 1. The zero-order valence-electron chi connectivity index (χ0n) is 9.86. The van der Waals surface area contributed by atoms with Crippen molar-refractivity contribution in [2.45, 2.75) is 37.9 Å². The molecule has 0 amide bonds. The van der Waals surface area contributed by atoms with Crippen LogP contribution in [0.15, 0.2) is 17.6 Å². The molecule has 0 fully saturated rings. The third kappa shape index (κ3) is 4.71. The van der Waals surface area contributed by atoms with Crippen LogP contribution in [0.2, 0.25) is 0 Å². The molecule has 1 aromatic rings. The van der Waals surface area contributed by atoms with Crippen molar-refractivity contribution in [1.82, 2.24) is 14.9 Å². The molecule has 15 heavy (non-hydrogen) atoms. The molecule has 86 valence electrons. The van der Waals surface area contributed by atoms with Crippen molar-refractivity contribution in [3.63, 3.8) is 0 Å². The first-order chi connectivity index (χ1) is 7.24. The van der Waals surface area contributed by atoms with Crippen molar-refractivity contribution >= 4 is 11.8 Å². The van der Waals surface area contributed by atoms with E-state index in [-0.39, 0.29) is 0 Å². The van der Waals surface area contributed by atoms with Gasteiger partial charge >= 0.3 is 0 Å². The van der Waals surface area contributed by atoms with Gasteiger partial charge in [-0.05, 0) is 13.3 Å². The minimum atomic E-state index is 0.636. The fourth-order valence-corrected chi connectivity index (χ4v) is 2.28. The predicted molar refractivity (Wildman–Crippen MR) is 66.3 cm³/mol. The average molecular weight is 227 g/mol. The molecule has 0 bridgehead atoms. The molecule has 0 aliphatic rings. The van der Waals surface area contributed by atoms with E-state index in [0.717, 1.165) is 17.5 Å². The van der Waals surface area contributed by atoms with Crippen molar-refractivity contribution < 1.29 is 0 Å². The molecule has 1 unspecified atom stereocenters. The molecule has 1 heterocycles. The normalized spacial score (nSPS) is 13.0. The van der Waals surface area contributed by atoms with Crippen molar-refractivity contribution in [3.8, 4) is 0 Å². The third-order valence-electron chi connectivity index (χ3n) is 2.32. The van der Waals surface area contributed by atoms with E-state index in [1.54, 1.807) is 11.8 Å². The third-order valence-corrected chi connectivity index (χ3v) is 3.38. The minimum absolute atomic E-state index is 0.636. The van der Waals surface area contributed by atoms with E-state index in [4.69, 9.17) is 0 Å². The SMILES string of the molecule is CCCC(C)NCCSc1nccn1C. The van der Waals surface area contributed by atoms with Crippen LogP contribution in [0.3, 0.4) is 0 Å². The van der Waals surface area contributed by atoms with Gasteiger partial charge in [0.05, 0.1) is 0 Å². The van der Waals surface area contributed by atoms with Gasteiger partial charge in [-0.3, -0.25) is 0 Å². The molecule has 3 nitrogen and oxygen atoms in total. The molecule has 1 aromatic heterocycles. The molecular formula is C11H21N3S. The molecule has 0 aromatic carbocycles. The number of nitrogens with zero attached hydrogens (tertiary/aromatic N) is 2. The van der Waals surface area contributed by atoms with Crippen LogP contribution in [0.5, 0.6) is 0 Å². The van der Waals surface area contributed by atoms with Gasteiger partial charge in [0.2, 0.25) is 0 Å². The van der Waals surface area contributed by atoms with E-state index in [1.165, 1.54) is 12.8 Å². The maximum absolute atomic E-state index is 4.27. The van der Waals surface area contributed by atoms with Crippen molar-refractivity contribution in [3.05, 3.63) is 12.4 Å². The van der Waals surface area contributed by atoms with E-state index in [9.17, 15) is 0 Å². The zero-order chi connectivity index (χ0) is 11.1. The van der Waals surface area contributed by atoms with E-state index in [1.807, 2.05) is 19.4 Å². The van der Waals surface area contributed by atoms with E-state index in [2.05, 4.69) is 28.7 Å². The number of thioether (sulfide) groups is 1. The van der Waals surface area contributed by atoms with Gasteiger partial charge in [0.15, 0.2) is 5.16 Å². The molecule has 0 radical (unpaired) electrons. The van der Waals surface area contributed by atoms with Crippen LogP contribution in [0.4, 0.5) is 0 Å². The summed E-state index contributed by atoms with van der Waals surface area (Å²) in [5.74, 6) is 1.08. The van der Waals surface area contributed by atoms with E-state index < -0.39 is 0 Å². The lowest BCUT2D eigenvalue weighted by Crippen LogP contribution is -2.27. The number of aryl methyl sites for hydroxylation is 1. The highest BCUT2D eigenvalue weighted by Crippen LogP contribution is 2.13. The second-order valence-corrected chi connectivity index (χ2v) is 4.88. The summed E-state index contributed by atoms with van der Waals surface area (Å²) in [7, 11) is 2.03. The van der Waals surface area contributed by atoms with Crippen LogP contribution >= 0.6 is 11.8 Å². The molecule has 1 N–H and O–H groups in total. The van der Waals surface area contributed by atoms with Gasteiger partial charge < -0.3 is 9.88 Å². The fourth-order valence-electron chi connectivity index (χ4n) is 1.47. The van der Waals surface area contributed by atoms with Gasteiger partial charge in [-0.2, -0.15) is 0 Å². The van der Waals surface area contributed by atoms with Crippen LogP contribution in [0.25, 0.3) is 0 Å². The summed E-state index contributed by atoms with van der Waals surface area (Å²) in [6.07, 6.45) is 6.33. The average Bonchev–Trinajstić information content (AvgIpc) is 2.60. The van der Waals surface area contributed by atoms with Crippen molar-refractivity contribution in [1.29, 1.82) is 0 Å². The summed E-state index contributed by atoms with van der Waals surface area (Å²) in [5, 5.41) is 4.60. The van der Waals surface area contributed by atoms with Gasteiger partial charge in [0, 0.05) is 37.8 Å². The molecule has 0 saturated carbocycles. The van der Waals surface area contributed by atoms with Crippen LogP contribution in [0.1, 0.15) is 26.7 Å². The quantitative estimate of drug-likeness (QED) is 0.572. The Morgan fingerprint density at radius 1 is 1.60 bits per heavy atom. The Morgan fingerprint density at radius 3 is 3.00 bits per heavy atom. The first-order valence-corrected chi connectivity index (χ1v) is 6.56. The monoisotopic (exact) mass is 227 g/mol. The lowest BCUT2D eigenvalue weighted by atomic mass is 10.2. The predicted octanol–water partition coefficient (Wildman–Crippen LogP) is 2.29. The maximum atomic E-state index is 4.27. The van der Waals surface area contributed by atoms with Crippen molar-refractivity contribution in [2.24, 2.45) is 7.05 Å². The van der Waals surface area contributed by atoms with E-state index in [0.29, 0.717) is 6.04 Å². The Bertz CT molecular complexity index is 273. The van der Waals surface area contributed by atoms with Gasteiger partial charge in [-0.25, -0.2) is 4.98 Å². The Morgan fingerprint density at radius 2 is 2.40 bits per heavy atom. The first-order valence-electron chi connectivity index (χ1n) is 5.57. The molecule has 0 saturated heterocycles. The lowest BCUT2D eigenvalue weighted by molar-refractivity contribution is 0.526. The van der Waals surface area contributed by atoms with Gasteiger partial charge in [0.25, 0.3) is 0 Å². The zero-order valence-corrected chi connectivity index (χ0v) is 10.7. The molecule has 0 aliphatic heterocycles. The molecule has 1 rings (SSSR count). The molecule has 0 spiro atoms. The molecule has 0 aliphatic carbocycles. The summed E-state index contributed by atoms with van der Waals surface area (Å²) >= 11 is 1.80. The summed E-state index contributed by atoms with van der Waals surface area (Å²) < 4.78 is 2.06. The summed E-state index contributed by atoms with van der Waals surface area (Å²) in [4.78, 5) is 4.27. The Balaban J connectivity index is 2.09. The number of hydrogen-bond acceptors (Lipinski definition) is 3. The highest BCUT2D eigenvalue weighted by Gasteiger charge is 2.01. The first kappa shape index (κ1) is 12.6. The largest absolute Gasteiger partial charge is 0.329 e. The smallest absolute Gasteiger partial charge is 0.167 e. The molecular weight excluding hydrogens is 206 g/mol. The van der Waals surface area contributed by atoms with Crippen LogP contribution < -0.4 is 5.32 Å². The van der Waals surface area contributed by atoms with Crippen LogP contribution in [-0.4, -0.2) is 27.9 Å². The fraction of sp³-hybridized carbons (Fsp3) is 0.727.